The first-order valence-corrected chi connectivity index (χ1v) is 5.15. The fraction of sp³-hybridized carbons (Fsp3) is 0.0769. The molecule has 0 aromatic heterocycles. The van der Waals surface area contributed by atoms with Crippen LogP contribution in [0.5, 0.6) is 0 Å². The lowest BCUT2D eigenvalue weighted by atomic mass is 10.1. The number of fused-ring (bicyclic) bond motifs is 1. The Balaban J connectivity index is 2.16. The van der Waals surface area contributed by atoms with Crippen molar-refractivity contribution in [1.29, 1.82) is 0 Å². The second-order valence-corrected chi connectivity index (χ2v) is 3.47. The molecule has 0 heterocycles. The lowest BCUT2D eigenvalue weighted by Gasteiger charge is -1.99. The van der Waals surface area contributed by atoms with Gasteiger partial charge in [0.1, 0.15) is 0 Å². The average Bonchev–Trinajstić information content (AvgIpc) is 2.38. The number of ether oxygens (including phenoxy) is 1. The normalized spacial score (nSPS) is 10.6. The Labute approximate surface area is 98.9 Å². The molecule has 0 radical (unpaired) electrons. The van der Waals surface area contributed by atoms with Gasteiger partial charge in [-0.2, -0.15) is 5.10 Å². The highest BCUT2D eigenvalue weighted by Gasteiger charge is 1.95. The van der Waals surface area contributed by atoms with E-state index in [2.05, 4.69) is 15.3 Å². The zero-order valence-corrected chi connectivity index (χ0v) is 9.38. The Hall–Kier alpha value is -2.36. The van der Waals surface area contributed by atoms with E-state index in [1.165, 1.54) is 12.5 Å². The third-order valence-electron chi connectivity index (χ3n) is 2.33. The molecule has 0 unspecified atom stereocenters. The van der Waals surface area contributed by atoms with Gasteiger partial charge < -0.3 is 4.74 Å². The van der Waals surface area contributed by atoms with E-state index in [-0.39, 0.29) is 0 Å². The maximum atomic E-state index is 10.8. The first-order valence-electron chi connectivity index (χ1n) is 5.15. The summed E-state index contributed by atoms with van der Waals surface area (Å²) < 4.78 is 4.39. The molecule has 0 bridgehead atoms. The summed E-state index contributed by atoms with van der Waals surface area (Å²) in [7, 11) is 1.29. The van der Waals surface area contributed by atoms with Crippen molar-refractivity contribution in [1.82, 2.24) is 5.43 Å². The maximum absolute atomic E-state index is 10.8. The highest BCUT2D eigenvalue weighted by molar-refractivity contribution is 5.90. The minimum atomic E-state index is -0.581. The molecule has 0 spiro atoms. The summed E-state index contributed by atoms with van der Waals surface area (Å²) in [5.74, 6) is 0. The molecule has 17 heavy (non-hydrogen) atoms. The number of benzene rings is 2. The molecule has 0 saturated carbocycles. The molecular weight excluding hydrogens is 216 g/mol. The van der Waals surface area contributed by atoms with Crippen LogP contribution < -0.4 is 5.43 Å². The van der Waals surface area contributed by atoms with Gasteiger partial charge in [0.25, 0.3) is 0 Å². The SMILES string of the molecule is COC(=O)N/N=C/c1ccc2ccccc2c1. The van der Waals surface area contributed by atoms with Crippen LogP contribution in [0.3, 0.4) is 0 Å². The van der Waals surface area contributed by atoms with Gasteiger partial charge in [-0.3, -0.25) is 0 Å². The molecule has 86 valence electrons. The molecule has 0 saturated heterocycles. The standard InChI is InChI=1S/C13H12N2O2/c1-17-13(16)15-14-9-10-6-7-11-4-2-3-5-12(11)8-10/h2-9H,1H3,(H,15,16)/b14-9+. The topological polar surface area (TPSA) is 50.7 Å². The maximum Gasteiger partial charge on any atom is 0.427 e. The van der Waals surface area contributed by atoms with E-state index in [0.717, 1.165) is 10.9 Å². The van der Waals surface area contributed by atoms with Crippen LogP contribution in [-0.2, 0) is 4.74 Å². The van der Waals surface area contributed by atoms with E-state index in [1.807, 2.05) is 42.5 Å². The molecule has 0 fully saturated rings. The van der Waals surface area contributed by atoms with Crippen molar-refractivity contribution in [2.75, 3.05) is 7.11 Å². The Kier molecular flexibility index (Phi) is 3.35. The number of hydrazone groups is 1. The zero-order chi connectivity index (χ0) is 12.1. The minimum absolute atomic E-state index is 0.581. The Morgan fingerprint density at radius 2 is 2.00 bits per heavy atom. The number of amides is 1. The third-order valence-corrected chi connectivity index (χ3v) is 2.33. The fourth-order valence-corrected chi connectivity index (χ4v) is 1.49. The quantitative estimate of drug-likeness (QED) is 0.634. The smallest absolute Gasteiger partial charge is 0.427 e. The van der Waals surface area contributed by atoms with Gasteiger partial charge in [-0.25, -0.2) is 10.2 Å². The predicted molar refractivity (Wildman–Crippen MR) is 67.1 cm³/mol. The van der Waals surface area contributed by atoms with Crippen LogP contribution in [0, 0.1) is 0 Å². The van der Waals surface area contributed by atoms with Crippen LogP contribution in [0.2, 0.25) is 0 Å². The second-order valence-electron chi connectivity index (χ2n) is 3.47. The number of nitrogens with zero attached hydrogens (tertiary/aromatic N) is 1. The van der Waals surface area contributed by atoms with E-state index in [9.17, 15) is 4.79 Å². The summed E-state index contributed by atoms with van der Waals surface area (Å²) in [6.07, 6.45) is 0.991. The number of methoxy groups -OCH3 is 1. The molecule has 2 aromatic carbocycles. The molecule has 1 N–H and O–H groups in total. The molecular formula is C13H12N2O2. The lowest BCUT2D eigenvalue weighted by Crippen LogP contribution is -2.16. The lowest BCUT2D eigenvalue weighted by molar-refractivity contribution is 0.171. The third kappa shape index (κ3) is 2.81. The summed E-state index contributed by atoms with van der Waals surface area (Å²) in [5.41, 5.74) is 3.15. The van der Waals surface area contributed by atoms with Gasteiger partial charge in [0.05, 0.1) is 13.3 Å². The first-order chi connectivity index (χ1) is 8.29. The zero-order valence-electron chi connectivity index (χ0n) is 9.38. The largest absolute Gasteiger partial charge is 0.452 e. The van der Waals surface area contributed by atoms with E-state index in [1.54, 1.807) is 6.21 Å². The molecule has 2 aromatic rings. The minimum Gasteiger partial charge on any atom is -0.452 e. The number of hydrogen-bond acceptors (Lipinski definition) is 3. The Morgan fingerprint density at radius 1 is 1.24 bits per heavy atom. The summed E-state index contributed by atoms with van der Waals surface area (Å²) >= 11 is 0. The summed E-state index contributed by atoms with van der Waals surface area (Å²) in [6.45, 7) is 0. The molecule has 1 amide bonds. The number of rotatable bonds is 2. The van der Waals surface area contributed by atoms with E-state index in [4.69, 9.17) is 0 Å². The number of hydrogen-bond donors (Lipinski definition) is 1. The van der Waals surface area contributed by atoms with Gasteiger partial charge in [-0.05, 0) is 22.4 Å². The molecule has 0 atom stereocenters. The van der Waals surface area contributed by atoms with Crippen molar-refractivity contribution < 1.29 is 9.53 Å². The van der Waals surface area contributed by atoms with Crippen LogP contribution >= 0.6 is 0 Å². The van der Waals surface area contributed by atoms with Gasteiger partial charge >= 0.3 is 6.09 Å². The van der Waals surface area contributed by atoms with Crippen molar-refractivity contribution in [3.8, 4) is 0 Å². The van der Waals surface area contributed by atoms with Crippen molar-refractivity contribution in [2.45, 2.75) is 0 Å². The van der Waals surface area contributed by atoms with Crippen molar-refractivity contribution in [2.24, 2.45) is 5.10 Å². The second kappa shape index (κ2) is 5.12. The monoisotopic (exact) mass is 228 g/mol. The molecule has 0 aliphatic rings. The molecule has 2 rings (SSSR count). The summed E-state index contributed by atoms with van der Waals surface area (Å²) in [6, 6.07) is 14.0. The highest BCUT2D eigenvalue weighted by Crippen LogP contribution is 2.14. The molecule has 0 aliphatic carbocycles. The van der Waals surface area contributed by atoms with Crippen LogP contribution in [-0.4, -0.2) is 19.4 Å². The van der Waals surface area contributed by atoms with Crippen molar-refractivity contribution in [3.05, 3.63) is 48.0 Å². The van der Waals surface area contributed by atoms with Crippen LogP contribution in [0.4, 0.5) is 4.79 Å². The van der Waals surface area contributed by atoms with Gasteiger partial charge in [0.15, 0.2) is 0 Å². The highest BCUT2D eigenvalue weighted by atomic mass is 16.5. The Morgan fingerprint density at radius 3 is 2.76 bits per heavy atom. The van der Waals surface area contributed by atoms with Gasteiger partial charge in [-0.1, -0.05) is 36.4 Å². The van der Waals surface area contributed by atoms with E-state index < -0.39 is 6.09 Å². The van der Waals surface area contributed by atoms with Crippen LogP contribution in [0.1, 0.15) is 5.56 Å². The number of nitrogens with one attached hydrogen (secondary N) is 1. The molecule has 4 heteroatoms. The number of carbonyl (C=O) groups excluding carboxylic acids is 1. The fourth-order valence-electron chi connectivity index (χ4n) is 1.49. The van der Waals surface area contributed by atoms with Gasteiger partial charge in [0, 0.05) is 0 Å². The van der Waals surface area contributed by atoms with Gasteiger partial charge in [-0.15, -0.1) is 0 Å². The average molecular weight is 228 g/mol. The first kappa shape index (κ1) is 11.1. The van der Waals surface area contributed by atoms with Crippen molar-refractivity contribution in [3.63, 3.8) is 0 Å². The summed E-state index contributed by atoms with van der Waals surface area (Å²) in [4.78, 5) is 10.8. The van der Waals surface area contributed by atoms with Crippen molar-refractivity contribution >= 4 is 23.1 Å². The number of carbonyl (C=O) groups is 1. The predicted octanol–water partition coefficient (Wildman–Crippen LogP) is 2.53. The van der Waals surface area contributed by atoms with E-state index in [0.29, 0.717) is 0 Å². The Bertz CT molecular complexity index is 564. The molecule has 0 aliphatic heterocycles. The molecule has 4 nitrogen and oxygen atoms in total. The van der Waals surface area contributed by atoms with Crippen LogP contribution in [0.15, 0.2) is 47.6 Å². The van der Waals surface area contributed by atoms with E-state index >= 15 is 0 Å². The van der Waals surface area contributed by atoms with Crippen LogP contribution in [0.25, 0.3) is 10.8 Å². The summed E-state index contributed by atoms with van der Waals surface area (Å²) in [5, 5.41) is 6.08. The van der Waals surface area contributed by atoms with Gasteiger partial charge in [0.2, 0.25) is 0 Å².